The monoisotopic (exact) mass is 802 g/mol. The van der Waals surface area contributed by atoms with Crippen molar-refractivity contribution >= 4 is 98.2 Å². The van der Waals surface area contributed by atoms with Crippen molar-refractivity contribution in [2.75, 3.05) is 0 Å². The van der Waals surface area contributed by atoms with Gasteiger partial charge >= 0.3 is 0 Å². The molecule has 0 fully saturated rings. The number of benzene rings is 1. The second-order valence-corrected chi connectivity index (χ2v) is 64.0. The van der Waals surface area contributed by atoms with E-state index in [9.17, 15) is 0 Å². The van der Waals surface area contributed by atoms with Crippen molar-refractivity contribution in [3.8, 4) is 0 Å². The first kappa shape index (κ1) is 42.0. The molecule has 0 aliphatic carbocycles. The van der Waals surface area contributed by atoms with Crippen LogP contribution in [0, 0.1) is 0 Å². The lowest BCUT2D eigenvalue weighted by atomic mass is 10.3. The summed E-state index contributed by atoms with van der Waals surface area (Å²) in [4.78, 5) is 0. The molecule has 0 saturated heterocycles. The Balaban J connectivity index is 2.21. The zero-order valence-corrected chi connectivity index (χ0v) is 42.7. The van der Waals surface area contributed by atoms with Crippen LogP contribution in [0.1, 0.15) is 0 Å². The van der Waals surface area contributed by atoms with E-state index in [0.717, 1.165) is 10.0 Å². The third kappa shape index (κ3) is 12.3. The summed E-state index contributed by atoms with van der Waals surface area (Å²) in [6.07, 6.45) is 0. The Morgan fingerprint density at radius 1 is 0.304 bits per heavy atom. The number of hydrogen-bond donors (Lipinski definition) is 0. The molecule has 4 aliphatic rings. The molecular weight excluding hydrogens is 728 g/mol. The van der Waals surface area contributed by atoms with Gasteiger partial charge in [-0.2, -0.15) is 0 Å². The minimum Gasteiger partial charge on any atom is -0.0845 e. The third-order valence-corrected chi connectivity index (χ3v) is 46.7. The Morgan fingerprint density at radius 3 is 0.630 bits per heavy atom. The molecule has 1 aromatic carbocycles. The zero-order valence-electron chi connectivity index (χ0n) is 33.2. The lowest BCUT2D eigenvalue weighted by molar-refractivity contribution is 1.11. The SMILES string of the molecule is C[Si]1(C)CC[Si](C)(C)CC[Si]2(C)CC[Si](C)(C)CC[Si](C)(C)CC[Si](C)(C)CC[Si](C)(CC[Si](C)(C)CC1)c1cc(Cl)c2cc1Cl. The van der Waals surface area contributed by atoms with Gasteiger partial charge in [0.15, 0.2) is 0 Å². The molecule has 0 atom stereocenters. The van der Waals surface area contributed by atoms with Gasteiger partial charge in [-0.25, -0.2) is 0 Å². The Hall–Kier alpha value is 1.54. The van der Waals surface area contributed by atoms with Crippen molar-refractivity contribution in [1.82, 2.24) is 0 Å². The fourth-order valence-electron chi connectivity index (χ4n) is 8.17. The maximum atomic E-state index is 7.59. The molecule has 0 N–H and O–H groups in total. The van der Waals surface area contributed by atoms with Crippen molar-refractivity contribution in [3.05, 3.63) is 22.2 Å². The zero-order chi connectivity index (χ0) is 35.0. The van der Waals surface area contributed by atoms with Gasteiger partial charge in [-0.3, -0.25) is 0 Å². The lowest BCUT2D eigenvalue weighted by Crippen LogP contribution is -2.51. The molecule has 0 spiro atoms. The molecule has 0 radical (unpaired) electrons. The molecule has 1 aromatic rings. The summed E-state index contributed by atoms with van der Waals surface area (Å²) in [7, 11) is -11.2. The van der Waals surface area contributed by atoms with Crippen LogP contribution >= 0.6 is 23.2 Å². The highest BCUT2D eigenvalue weighted by Gasteiger charge is 2.42. The van der Waals surface area contributed by atoms with Crippen LogP contribution in [-0.2, 0) is 0 Å². The summed E-state index contributed by atoms with van der Waals surface area (Å²) in [6, 6.07) is 29.0. The highest BCUT2D eigenvalue weighted by molar-refractivity contribution is 6.97. The topological polar surface area (TPSA) is 0 Å². The predicted octanol–water partition coefficient (Wildman–Crippen LogP) is 13.8. The van der Waals surface area contributed by atoms with E-state index in [1.54, 1.807) is 24.2 Å². The molecule has 10 heteroatoms. The van der Waals surface area contributed by atoms with E-state index in [4.69, 9.17) is 23.2 Å². The van der Waals surface area contributed by atoms with Crippen LogP contribution in [0.4, 0.5) is 0 Å². The van der Waals surface area contributed by atoms with Crippen LogP contribution in [0.5, 0.6) is 0 Å². The van der Waals surface area contributed by atoms with Crippen LogP contribution in [0.2, 0.25) is 198 Å². The molecule has 5 rings (SSSR count). The molecule has 0 aromatic heterocycles. The van der Waals surface area contributed by atoms with E-state index in [-0.39, 0.29) is 0 Å². The molecule has 4 bridgehead atoms. The standard InChI is InChI=1S/C36H76Cl2Si8/c1-39(2)15-19-41(5,6)23-27-45(13)29-25-43(9,10)21-17-40(3,4)18-22-44(11,12)26-30-46(14,28-24-42(7,8)20-16-39)36-32-33(37)35(45)31-34(36)38/h31-32H,15-30H2,1-14H3. The second kappa shape index (κ2) is 15.3. The van der Waals surface area contributed by atoms with Gasteiger partial charge in [0, 0.05) is 58.5 Å². The number of hydrogen-bond acceptors (Lipinski definition) is 0. The van der Waals surface area contributed by atoms with Gasteiger partial charge in [0.1, 0.15) is 0 Å². The van der Waals surface area contributed by atoms with Gasteiger partial charge in [0.25, 0.3) is 0 Å². The van der Waals surface area contributed by atoms with Crippen molar-refractivity contribution in [3.63, 3.8) is 0 Å². The van der Waals surface area contributed by atoms with Crippen LogP contribution in [0.15, 0.2) is 12.1 Å². The first-order valence-corrected chi connectivity index (χ1v) is 46.3. The maximum absolute atomic E-state index is 7.59. The average molecular weight is 805 g/mol. The summed E-state index contributed by atoms with van der Waals surface area (Å²) in [5.74, 6) is 0. The van der Waals surface area contributed by atoms with Gasteiger partial charge in [-0.1, -0.05) is 212 Å². The summed E-state index contributed by atoms with van der Waals surface area (Å²) < 4.78 is 0. The van der Waals surface area contributed by atoms with Gasteiger partial charge in [-0.05, 0) is 22.5 Å². The Morgan fingerprint density at radius 2 is 0.457 bits per heavy atom. The molecule has 0 nitrogen and oxygen atoms in total. The molecule has 0 unspecified atom stereocenters. The summed E-state index contributed by atoms with van der Waals surface area (Å²) in [6.45, 7) is 38.2. The van der Waals surface area contributed by atoms with E-state index in [2.05, 4.69) is 104 Å². The van der Waals surface area contributed by atoms with Gasteiger partial charge in [-0.15, -0.1) is 0 Å². The fraction of sp³-hybridized carbons (Fsp3) is 0.833. The molecule has 266 valence electrons. The van der Waals surface area contributed by atoms with E-state index < -0.39 is 64.6 Å². The summed E-state index contributed by atoms with van der Waals surface area (Å²) in [5, 5.41) is 5.26. The molecule has 4 aliphatic heterocycles. The van der Waals surface area contributed by atoms with Crippen LogP contribution in [0.25, 0.3) is 0 Å². The van der Waals surface area contributed by atoms with E-state index in [1.165, 1.54) is 82.9 Å². The number of halogens is 2. The normalized spacial score (nSPS) is 32.2. The summed E-state index contributed by atoms with van der Waals surface area (Å²) >= 11 is 15.2. The van der Waals surface area contributed by atoms with E-state index >= 15 is 0 Å². The predicted molar refractivity (Wildman–Crippen MR) is 241 cm³/mol. The van der Waals surface area contributed by atoms with E-state index in [0.29, 0.717) is 0 Å². The number of fused-ring (bicyclic) bond motifs is 20. The first-order chi connectivity index (χ1) is 20.7. The quantitative estimate of drug-likeness (QED) is 0.229. The number of rotatable bonds is 0. The van der Waals surface area contributed by atoms with Crippen LogP contribution in [0.3, 0.4) is 0 Å². The minimum absolute atomic E-state index is 1.11. The fourth-order valence-corrected chi connectivity index (χ4v) is 56.7. The van der Waals surface area contributed by atoms with Crippen molar-refractivity contribution in [2.45, 2.75) is 188 Å². The summed E-state index contributed by atoms with van der Waals surface area (Å²) in [5.41, 5.74) is 0. The highest BCUT2D eigenvalue weighted by Crippen LogP contribution is 2.40. The Labute approximate surface area is 306 Å². The average Bonchev–Trinajstić information content (AvgIpc) is 2.94. The van der Waals surface area contributed by atoms with Gasteiger partial charge < -0.3 is 0 Å². The van der Waals surface area contributed by atoms with Crippen molar-refractivity contribution in [2.24, 2.45) is 0 Å². The van der Waals surface area contributed by atoms with Crippen LogP contribution in [-0.4, -0.2) is 64.6 Å². The second-order valence-electron chi connectivity index (χ2n) is 21.9. The molecule has 46 heavy (non-hydrogen) atoms. The minimum atomic E-state index is -1.82. The van der Waals surface area contributed by atoms with Gasteiger partial charge in [0.2, 0.25) is 0 Å². The van der Waals surface area contributed by atoms with Crippen LogP contribution < -0.4 is 10.4 Å². The largest absolute Gasteiger partial charge is 0.0851 e. The third-order valence-electron chi connectivity index (χ3n) is 13.7. The van der Waals surface area contributed by atoms with Crippen molar-refractivity contribution < 1.29 is 0 Å². The maximum Gasteiger partial charge on any atom is 0.0851 e. The molecule has 0 saturated carbocycles. The van der Waals surface area contributed by atoms with Crippen molar-refractivity contribution in [1.29, 1.82) is 0 Å². The molecule has 0 amide bonds. The lowest BCUT2D eigenvalue weighted by Gasteiger charge is -2.37. The van der Waals surface area contributed by atoms with E-state index in [1.807, 2.05) is 0 Å². The van der Waals surface area contributed by atoms with Gasteiger partial charge in [0.05, 0.1) is 16.1 Å². The molecular formula is C36H76Cl2Si8. The smallest absolute Gasteiger partial charge is 0.0845 e. The Bertz CT molecular complexity index is 1050. The highest BCUT2D eigenvalue weighted by atomic mass is 35.5. The molecule has 4 heterocycles. The Kier molecular flexibility index (Phi) is 13.9. The first-order valence-electron chi connectivity index (χ1n) is 19.2.